The number of unbranched alkanes of at least 4 members (excludes halogenated alkanes) is 33. The molecule has 368 valence electrons. The van der Waals surface area contributed by atoms with Gasteiger partial charge in [-0.3, -0.25) is 9.59 Å². The Morgan fingerprint density at radius 3 is 1.25 bits per heavy atom. The van der Waals surface area contributed by atoms with Gasteiger partial charge in [0.05, 0.1) is 25.4 Å². The molecule has 2 atom stereocenters. The van der Waals surface area contributed by atoms with Crippen molar-refractivity contribution in [2.75, 3.05) is 13.2 Å². The van der Waals surface area contributed by atoms with Crippen LogP contribution in [0, 0.1) is 0 Å². The molecule has 2 unspecified atom stereocenters. The van der Waals surface area contributed by atoms with E-state index in [9.17, 15) is 19.8 Å². The Morgan fingerprint density at radius 2 is 0.794 bits per heavy atom. The Kier molecular flexibility index (Phi) is 50.6. The van der Waals surface area contributed by atoms with Gasteiger partial charge in [0.25, 0.3) is 0 Å². The highest BCUT2D eigenvalue weighted by molar-refractivity contribution is 5.76. The number of carbonyl (C=O) groups is 2. The fourth-order valence-electron chi connectivity index (χ4n) is 8.07. The first-order chi connectivity index (χ1) is 31.0. The van der Waals surface area contributed by atoms with E-state index in [-0.39, 0.29) is 18.5 Å². The Balaban J connectivity index is 3.50. The van der Waals surface area contributed by atoms with Gasteiger partial charge in [0, 0.05) is 12.8 Å². The number of rotatable bonds is 50. The number of aliphatic hydroxyl groups excluding tert-OH is 2. The van der Waals surface area contributed by atoms with Crippen LogP contribution in [-0.2, 0) is 14.3 Å². The quantitative estimate of drug-likeness (QED) is 0.0321. The minimum absolute atomic E-state index is 0.0175. The van der Waals surface area contributed by atoms with Crippen molar-refractivity contribution < 1.29 is 24.5 Å². The maximum Gasteiger partial charge on any atom is 0.305 e. The van der Waals surface area contributed by atoms with Crippen molar-refractivity contribution in [2.24, 2.45) is 0 Å². The summed E-state index contributed by atoms with van der Waals surface area (Å²) in [4.78, 5) is 24.5. The van der Waals surface area contributed by atoms with Crippen LogP contribution in [0.4, 0.5) is 0 Å². The van der Waals surface area contributed by atoms with Gasteiger partial charge >= 0.3 is 5.97 Å². The predicted octanol–water partition coefficient (Wildman–Crippen LogP) is 16.6. The number of hydrogen-bond donors (Lipinski definition) is 3. The van der Waals surface area contributed by atoms with Crippen molar-refractivity contribution >= 4 is 11.9 Å². The molecule has 1 amide bonds. The number of amides is 1. The third kappa shape index (κ3) is 49.1. The summed E-state index contributed by atoms with van der Waals surface area (Å²) in [7, 11) is 0. The fourth-order valence-corrected chi connectivity index (χ4v) is 8.07. The van der Waals surface area contributed by atoms with E-state index < -0.39 is 12.1 Å². The number of esters is 1. The van der Waals surface area contributed by atoms with Crippen LogP contribution in [0.25, 0.3) is 0 Å². The van der Waals surface area contributed by atoms with Gasteiger partial charge in [-0.05, 0) is 89.9 Å². The van der Waals surface area contributed by atoms with Gasteiger partial charge in [0.2, 0.25) is 5.91 Å². The van der Waals surface area contributed by atoms with Gasteiger partial charge < -0.3 is 20.3 Å². The summed E-state index contributed by atoms with van der Waals surface area (Å²) < 4.78 is 5.46. The van der Waals surface area contributed by atoms with Crippen molar-refractivity contribution in [3.8, 4) is 0 Å². The summed E-state index contributed by atoms with van der Waals surface area (Å²) in [6, 6.07) is -0.637. The third-order valence-electron chi connectivity index (χ3n) is 12.3. The van der Waals surface area contributed by atoms with E-state index in [4.69, 9.17) is 4.74 Å². The molecule has 0 heterocycles. The minimum atomic E-state index is -0.853. The molecule has 3 N–H and O–H groups in total. The van der Waals surface area contributed by atoms with E-state index in [2.05, 4.69) is 55.6 Å². The first-order valence-corrected chi connectivity index (χ1v) is 27.4. The van der Waals surface area contributed by atoms with E-state index in [1.165, 1.54) is 186 Å². The van der Waals surface area contributed by atoms with Gasteiger partial charge in [0.1, 0.15) is 0 Å². The van der Waals surface area contributed by atoms with Crippen LogP contribution in [-0.4, -0.2) is 47.4 Å². The van der Waals surface area contributed by atoms with Crippen LogP contribution in [0.15, 0.2) is 48.6 Å². The topological polar surface area (TPSA) is 95.9 Å². The summed E-state index contributed by atoms with van der Waals surface area (Å²) in [5.41, 5.74) is 0. The lowest BCUT2D eigenvalue weighted by Gasteiger charge is -2.20. The van der Waals surface area contributed by atoms with Crippen molar-refractivity contribution in [2.45, 2.75) is 289 Å². The average Bonchev–Trinajstić information content (AvgIpc) is 3.28. The Hall–Kier alpha value is -2.18. The highest BCUT2D eigenvalue weighted by Crippen LogP contribution is 2.15. The molecule has 0 aromatic rings. The van der Waals surface area contributed by atoms with E-state index in [0.29, 0.717) is 19.4 Å². The molecule has 0 aromatic carbocycles. The van der Waals surface area contributed by atoms with E-state index >= 15 is 0 Å². The van der Waals surface area contributed by atoms with Crippen molar-refractivity contribution in [1.82, 2.24) is 5.32 Å². The summed E-state index contributed by atoms with van der Waals surface area (Å²) in [5, 5.41) is 23.1. The largest absolute Gasteiger partial charge is 0.466 e. The molecule has 6 heteroatoms. The number of nitrogens with one attached hydrogen (secondary N) is 1. The van der Waals surface area contributed by atoms with Crippen LogP contribution < -0.4 is 5.32 Å². The third-order valence-corrected chi connectivity index (χ3v) is 12.3. The highest BCUT2D eigenvalue weighted by atomic mass is 16.5. The molecule has 0 spiro atoms. The smallest absolute Gasteiger partial charge is 0.305 e. The average molecular weight is 884 g/mol. The zero-order valence-electron chi connectivity index (χ0n) is 41.8. The van der Waals surface area contributed by atoms with Crippen LogP contribution in [0.3, 0.4) is 0 Å². The maximum atomic E-state index is 12.4. The molecule has 0 aromatic heterocycles. The Labute approximate surface area is 391 Å². The lowest BCUT2D eigenvalue weighted by atomic mass is 10.0. The first-order valence-electron chi connectivity index (χ1n) is 27.4. The van der Waals surface area contributed by atoms with Gasteiger partial charge in [-0.2, -0.15) is 0 Å². The van der Waals surface area contributed by atoms with E-state index in [1.54, 1.807) is 6.08 Å². The molecular formula is C57H105NO5. The van der Waals surface area contributed by atoms with Crippen LogP contribution in [0.1, 0.15) is 277 Å². The molecule has 0 aliphatic rings. The summed E-state index contributed by atoms with van der Waals surface area (Å²) in [6.45, 7) is 4.84. The molecule has 0 rings (SSSR count). The lowest BCUT2D eigenvalue weighted by molar-refractivity contribution is -0.143. The zero-order chi connectivity index (χ0) is 45.8. The van der Waals surface area contributed by atoms with Gasteiger partial charge in [-0.15, -0.1) is 0 Å². The van der Waals surface area contributed by atoms with E-state index in [0.717, 1.165) is 64.2 Å². The molecule has 0 fully saturated rings. The summed E-state index contributed by atoms with van der Waals surface area (Å²) in [6.07, 6.45) is 65.4. The normalized spacial score (nSPS) is 13.0. The van der Waals surface area contributed by atoms with Crippen LogP contribution >= 0.6 is 0 Å². The Morgan fingerprint density at radius 1 is 0.444 bits per heavy atom. The number of hydrogen-bond acceptors (Lipinski definition) is 5. The first kappa shape index (κ1) is 60.8. The van der Waals surface area contributed by atoms with Crippen LogP contribution in [0.2, 0.25) is 0 Å². The molecule has 0 aliphatic carbocycles. The van der Waals surface area contributed by atoms with Crippen LogP contribution in [0.5, 0.6) is 0 Å². The second-order valence-corrected chi connectivity index (χ2v) is 18.5. The lowest BCUT2D eigenvalue weighted by Crippen LogP contribution is -2.45. The second-order valence-electron chi connectivity index (χ2n) is 18.5. The molecule has 0 saturated carbocycles. The predicted molar refractivity (Wildman–Crippen MR) is 273 cm³/mol. The van der Waals surface area contributed by atoms with Gasteiger partial charge in [0.15, 0.2) is 0 Å². The zero-order valence-corrected chi connectivity index (χ0v) is 41.8. The molecule has 0 saturated heterocycles. The van der Waals surface area contributed by atoms with Crippen molar-refractivity contribution in [3.05, 3.63) is 48.6 Å². The highest BCUT2D eigenvalue weighted by Gasteiger charge is 2.18. The molecule has 0 aliphatic heterocycles. The fraction of sp³-hybridized carbons (Fsp3) is 0.825. The monoisotopic (exact) mass is 884 g/mol. The summed E-state index contributed by atoms with van der Waals surface area (Å²) in [5.74, 6) is -0.0989. The number of allylic oxidation sites excluding steroid dienone is 7. The number of ether oxygens (including phenoxy) is 1. The number of carbonyl (C=O) groups excluding carboxylic acids is 2. The molecule has 63 heavy (non-hydrogen) atoms. The van der Waals surface area contributed by atoms with Crippen molar-refractivity contribution in [3.63, 3.8) is 0 Å². The Bertz CT molecular complexity index is 1070. The number of aliphatic hydroxyl groups is 2. The molecule has 0 radical (unpaired) electrons. The van der Waals surface area contributed by atoms with Gasteiger partial charge in [-0.1, -0.05) is 223 Å². The second kappa shape index (κ2) is 52.4. The SMILES string of the molecule is CCCCC/C=C\C/C=C\CCCCCCCC(=O)OCCCCCCCC/C=C\CCCCCCCCCC(=O)NC(CO)C(O)/C=C/CCCCCCCCCCCCCC. The van der Waals surface area contributed by atoms with Gasteiger partial charge in [-0.25, -0.2) is 0 Å². The minimum Gasteiger partial charge on any atom is -0.466 e. The standard InChI is InChI=1S/C57H105NO5/c1-3-5-7-9-11-13-15-17-22-27-31-35-39-43-47-51-57(62)63-52-48-44-40-36-32-28-24-21-19-20-23-26-30-34-38-42-46-50-56(61)58-54(53-59)55(60)49-45-41-37-33-29-25-18-16-14-12-10-8-6-4-2/h11,13,17,19,21-22,45,49,54-55,59-60H,3-10,12,14-16,18,20,23-44,46-48,50-53H2,1-2H3,(H,58,61)/b13-11-,21-19-,22-17-,49-45+. The molecular weight excluding hydrogens is 779 g/mol. The summed E-state index contributed by atoms with van der Waals surface area (Å²) >= 11 is 0. The maximum absolute atomic E-state index is 12.4. The van der Waals surface area contributed by atoms with Crippen molar-refractivity contribution in [1.29, 1.82) is 0 Å². The molecule has 0 bridgehead atoms. The molecule has 6 nitrogen and oxygen atoms in total. The van der Waals surface area contributed by atoms with E-state index in [1.807, 2.05) is 6.08 Å².